The van der Waals surface area contributed by atoms with Crippen LogP contribution < -0.4 is 11.1 Å². The first-order valence-electron chi connectivity index (χ1n) is 5.05. The number of β-lactam (4-membered cyclic amide) rings is 1. The number of carbonyl (C=O) groups is 2. The van der Waals surface area contributed by atoms with Crippen LogP contribution in [0.5, 0.6) is 0 Å². The van der Waals surface area contributed by atoms with Gasteiger partial charge in [0.15, 0.2) is 5.13 Å². The van der Waals surface area contributed by atoms with Crippen molar-refractivity contribution in [2.75, 3.05) is 12.3 Å². The molecule has 2 amide bonds. The van der Waals surface area contributed by atoms with Crippen LogP contribution in [-0.2, 0) is 26.3 Å². The Morgan fingerprint density at radius 3 is 2.75 bits per heavy atom. The van der Waals surface area contributed by atoms with Gasteiger partial charge in [-0.25, -0.2) is 9.29 Å². The van der Waals surface area contributed by atoms with Crippen molar-refractivity contribution in [3.8, 4) is 0 Å². The predicted octanol–water partition coefficient (Wildman–Crippen LogP) is -2.25. The van der Waals surface area contributed by atoms with Crippen molar-refractivity contribution in [2.45, 2.75) is 12.5 Å². The minimum absolute atomic E-state index is 0. The Morgan fingerprint density at radius 2 is 2.30 bits per heavy atom. The molecule has 20 heavy (non-hydrogen) atoms. The number of anilines is 1. The number of aromatic nitrogens is 1. The molecule has 0 radical (unpaired) electrons. The molecule has 1 unspecified atom stereocenters. The fourth-order valence-corrected chi connectivity index (χ4v) is 2.78. The molecule has 0 bridgehead atoms. The molecule has 1 aromatic heterocycles. The van der Waals surface area contributed by atoms with Gasteiger partial charge in [-0.15, -0.1) is 11.3 Å². The second kappa shape index (κ2) is 6.37. The summed E-state index contributed by atoms with van der Waals surface area (Å²) in [6.45, 7) is -0.275. The Bertz CT molecular complexity index is 631. The summed E-state index contributed by atoms with van der Waals surface area (Å²) >= 11 is 1.19. The maximum absolute atomic E-state index is 11.6. The van der Waals surface area contributed by atoms with Gasteiger partial charge in [-0.05, 0) is 0 Å². The summed E-state index contributed by atoms with van der Waals surface area (Å²) in [7, 11) is -4.53. The molecule has 1 aliphatic rings. The number of nitrogens with one attached hydrogen (secondary N) is 1. The number of nitrogens with zero attached hydrogens (tertiary/aromatic N) is 2. The summed E-state index contributed by atoms with van der Waals surface area (Å²) in [6.07, 6.45) is -0.0522. The van der Waals surface area contributed by atoms with Gasteiger partial charge in [0.2, 0.25) is 5.91 Å². The Labute approximate surface area is 140 Å². The van der Waals surface area contributed by atoms with Crippen molar-refractivity contribution in [1.82, 2.24) is 14.6 Å². The van der Waals surface area contributed by atoms with Crippen LogP contribution in [0.3, 0.4) is 0 Å². The van der Waals surface area contributed by atoms with Crippen LogP contribution in [0.4, 0.5) is 5.13 Å². The minimum atomic E-state index is -4.53. The number of amides is 2. The first kappa shape index (κ1) is 17.3. The molecule has 0 spiro atoms. The summed E-state index contributed by atoms with van der Waals surface area (Å²) in [5.74, 6) is -1.34. The molecule has 1 atom stereocenters. The van der Waals surface area contributed by atoms with E-state index in [4.69, 9.17) is 10.3 Å². The van der Waals surface area contributed by atoms with Crippen molar-refractivity contribution in [1.29, 1.82) is 0 Å². The molecule has 9 nitrogen and oxygen atoms in total. The molecule has 0 saturated carbocycles. The Morgan fingerprint density at radius 1 is 1.65 bits per heavy atom. The van der Waals surface area contributed by atoms with E-state index in [1.807, 2.05) is 0 Å². The molecule has 1 aromatic rings. The van der Waals surface area contributed by atoms with Gasteiger partial charge in [-0.1, -0.05) is 0 Å². The van der Waals surface area contributed by atoms with Crippen molar-refractivity contribution in [3.05, 3.63) is 11.1 Å². The summed E-state index contributed by atoms with van der Waals surface area (Å²) in [6, 6.07) is -0.939. The molecule has 106 valence electrons. The number of hydrogen-bond acceptors (Lipinski definition) is 7. The zero-order valence-electron chi connectivity index (χ0n) is 9.44. The average molecular weight is 330 g/mol. The first-order valence-corrected chi connectivity index (χ1v) is 7.33. The number of hydrogen-bond donors (Lipinski definition) is 3. The second-order valence-corrected chi connectivity index (χ2v) is 6.05. The number of thiazole rings is 1. The zero-order valence-corrected chi connectivity index (χ0v) is 11.1. The fraction of sp³-hybridized carbons (Fsp3) is 0.375. The van der Waals surface area contributed by atoms with Gasteiger partial charge in [-0.2, -0.15) is 8.42 Å². The van der Waals surface area contributed by atoms with E-state index in [0.717, 1.165) is 0 Å². The SMILES string of the molecule is Nc1nc(CC(=O)NC2CN(S(=O)(=O)O)C2=O)cs1.[NaH]. The zero-order chi connectivity index (χ0) is 14.2. The van der Waals surface area contributed by atoms with E-state index in [-0.39, 0.29) is 46.8 Å². The summed E-state index contributed by atoms with van der Waals surface area (Å²) < 4.78 is 30.3. The van der Waals surface area contributed by atoms with Crippen LogP contribution in [-0.4, -0.2) is 76.2 Å². The third-order valence-electron chi connectivity index (χ3n) is 2.42. The number of carbonyl (C=O) groups excluding carboxylic acids is 2. The molecule has 0 aliphatic carbocycles. The quantitative estimate of drug-likeness (QED) is 0.321. The molecule has 1 fully saturated rings. The van der Waals surface area contributed by atoms with E-state index in [0.29, 0.717) is 10.8 Å². The summed E-state index contributed by atoms with van der Waals surface area (Å²) in [5.41, 5.74) is 5.87. The van der Waals surface area contributed by atoms with Crippen molar-refractivity contribution in [2.24, 2.45) is 0 Å². The van der Waals surface area contributed by atoms with Crippen molar-refractivity contribution < 1.29 is 22.6 Å². The molecule has 12 heteroatoms. The normalized spacial score (nSPS) is 18.1. The Balaban J connectivity index is 0.00000200. The van der Waals surface area contributed by atoms with E-state index in [2.05, 4.69) is 10.3 Å². The molecule has 1 aliphatic heterocycles. The van der Waals surface area contributed by atoms with Crippen LogP contribution in [0.2, 0.25) is 0 Å². The number of nitrogen functional groups attached to an aromatic ring is 1. The maximum atomic E-state index is 11.6. The average Bonchev–Trinajstić information content (AvgIpc) is 2.67. The topological polar surface area (TPSA) is 143 Å². The molecule has 1 saturated heterocycles. The predicted molar refractivity (Wildman–Crippen MR) is 72.6 cm³/mol. The van der Waals surface area contributed by atoms with E-state index in [9.17, 15) is 18.0 Å². The molecular weight excluding hydrogens is 319 g/mol. The second-order valence-electron chi connectivity index (χ2n) is 3.82. The Kier molecular flexibility index (Phi) is 5.52. The standard InChI is InChI=1S/C8H10N4O5S2.Na.H/c9-8-10-4(3-18-8)1-6(13)11-5-2-12(7(5)14)19(15,16)17;;/h3,5H,1-2H2,(H2,9,10)(H,11,13)(H,15,16,17);;. The van der Waals surface area contributed by atoms with Gasteiger partial charge >= 0.3 is 39.9 Å². The monoisotopic (exact) mass is 330 g/mol. The van der Waals surface area contributed by atoms with Gasteiger partial charge < -0.3 is 11.1 Å². The number of nitrogens with two attached hydrogens (primary N) is 1. The van der Waals surface area contributed by atoms with Gasteiger partial charge in [-0.3, -0.25) is 14.1 Å². The number of rotatable bonds is 4. The molecule has 0 aromatic carbocycles. The molecule has 2 rings (SSSR count). The van der Waals surface area contributed by atoms with Crippen molar-refractivity contribution in [3.63, 3.8) is 0 Å². The Hall–Kier alpha value is -0.720. The van der Waals surface area contributed by atoms with Crippen LogP contribution in [0, 0.1) is 0 Å². The van der Waals surface area contributed by atoms with Crippen LogP contribution in [0.1, 0.15) is 5.69 Å². The van der Waals surface area contributed by atoms with E-state index in [1.54, 1.807) is 5.38 Å². The van der Waals surface area contributed by atoms with E-state index in [1.165, 1.54) is 11.3 Å². The first-order chi connectivity index (χ1) is 8.77. The van der Waals surface area contributed by atoms with Crippen LogP contribution in [0.15, 0.2) is 5.38 Å². The third-order valence-corrected chi connectivity index (χ3v) is 4.03. The van der Waals surface area contributed by atoms with Crippen molar-refractivity contribution >= 4 is 68.1 Å². The van der Waals surface area contributed by atoms with Gasteiger partial charge in [0, 0.05) is 5.38 Å². The van der Waals surface area contributed by atoms with Crippen LogP contribution >= 0.6 is 11.3 Å². The van der Waals surface area contributed by atoms with E-state index < -0.39 is 28.2 Å². The molecule has 2 heterocycles. The van der Waals surface area contributed by atoms with Gasteiger partial charge in [0.05, 0.1) is 18.7 Å². The third kappa shape index (κ3) is 3.90. The fourth-order valence-electron chi connectivity index (χ4n) is 1.52. The summed E-state index contributed by atoms with van der Waals surface area (Å²) in [5, 5.41) is 4.29. The van der Waals surface area contributed by atoms with E-state index >= 15 is 0 Å². The molecule has 4 N–H and O–H groups in total. The molecular formula is C8H11N4NaO5S2. The summed E-state index contributed by atoms with van der Waals surface area (Å²) in [4.78, 5) is 26.8. The van der Waals surface area contributed by atoms with Gasteiger partial charge in [0.1, 0.15) is 6.04 Å². The van der Waals surface area contributed by atoms with Crippen LogP contribution in [0.25, 0.3) is 0 Å². The van der Waals surface area contributed by atoms with Gasteiger partial charge in [0.25, 0.3) is 5.91 Å².